The molecule has 0 amide bonds. The molecule has 1 aromatic rings. The molecule has 1 fully saturated rings. The van der Waals surface area contributed by atoms with Crippen LogP contribution in [0.15, 0.2) is 28.7 Å². The van der Waals surface area contributed by atoms with Crippen LogP contribution in [-0.2, 0) is 0 Å². The maximum absolute atomic E-state index is 9.47. The highest BCUT2D eigenvalue weighted by molar-refractivity contribution is 9.10. The predicted octanol–water partition coefficient (Wildman–Crippen LogP) is 3.00. The minimum Gasteiger partial charge on any atom is -0.393 e. The van der Waals surface area contributed by atoms with Crippen LogP contribution in [0.4, 0.5) is 0 Å². The molecule has 16 heavy (non-hydrogen) atoms. The van der Waals surface area contributed by atoms with Gasteiger partial charge < -0.3 is 10.8 Å². The Morgan fingerprint density at radius 2 is 1.69 bits per heavy atom. The van der Waals surface area contributed by atoms with Crippen LogP contribution in [0.1, 0.15) is 37.3 Å². The Hall–Kier alpha value is -0.380. The normalized spacial score (nSPS) is 27.7. The van der Waals surface area contributed by atoms with Crippen LogP contribution in [0.5, 0.6) is 0 Å². The Morgan fingerprint density at radius 1 is 1.12 bits per heavy atom. The summed E-state index contributed by atoms with van der Waals surface area (Å²) in [6.45, 7) is 0. The molecule has 0 bridgehead atoms. The van der Waals surface area contributed by atoms with Crippen molar-refractivity contribution < 1.29 is 5.11 Å². The lowest BCUT2D eigenvalue weighted by molar-refractivity contribution is 0.102. The summed E-state index contributed by atoms with van der Waals surface area (Å²) in [5, 5.41) is 9.47. The van der Waals surface area contributed by atoms with Gasteiger partial charge in [-0.25, -0.2) is 0 Å². The van der Waals surface area contributed by atoms with E-state index in [1.165, 1.54) is 5.56 Å². The number of rotatable bonds is 2. The maximum Gasteiger partial charge on any atom is 0.0540 e. The van der Waals surface area contributed by atoms with Crippen molar-refractivity contribution in [3.8, 4) is 0 Å². The topological polar surface area (TPSA) is 46.2 Å². The largest absolute Gasteiger partial charge is 0.393 e. The van der Waals surface area contributed by atoms with Gasteiger partial charge in [0.2, 0.25) is 0 Å². The van der Waals surface area contributed by atoms with Gasteiger partial charge >= 0.3 is 0 Å². The Kier molecular flexibility index (Phi) is 4.00. The minimum absolute atomic E-state index is 0.103. The van der Waals surface area contributed by atoms with Gasteiger partial charge in [0.25, 0.3) is 0 Å². The Labute approximate surface area is 105 Å². The fourth-order valence-electron chi connectivity index (χ4n) is 2.42. The molecule has 88 valence electrons. The standard InChI is InChI=1S/C13H18BrNO/c14-11-5-1-9(2-6-11)13(15)10-3-7-12(16)8-4-10/h1-2,5-6,10,12-13,16H,3-4,7-8,15H2. The van der Waals surface area contributed by atoms with E-state index in [1.807, 2.05) is 12.1 Å². The van der Waals surface area contributed by atoms with Gasteiger partial charge in [0, 0.05) is 10.5 Å². The number of aliphatic hydroxyl groups is 1. The molecule has 2 nitrogen and oxygen atoms in total. The van der Waals surface area contributed by atoms with Crippen molar-refractivity contribution in [2.75, 3.05) is 0 Å². The van der Waals surface area contributed by atoms with E-state index in [0.717, 1.165) is 30.2 Å². The molecule has 0 saturated heterocycles. The van der Waals surface area contributed by atoms with Crippen LogP contribution in [-0.4, -0.2) is 11.2 Å². The first kappa shape index (κ1) is 12.1. The van der Waals surface area contributed by atoms with Crippen molar-refractivity contribution in [3.05, 3.63) is 34.3 Å². The van der Waals surface area contributed by atoms with Crippen LogP contribution >= 0.6 is 15.9 Å². The van der Waals surface area contributed by atoms with E-state index in [2.05, 4.69) is 28.1 Å². The number of hydrogen-bond acceptors (Lipinski definition) is 2. The molecule has 0 aromatic heterocycles. The molecule has 2 rings (SSSR count). The zero-order valence-electron chi connectivity index (χ0n) is 9.27. The highest BCUT2D eigenvalue weighted by Gasteiger charge is 2.25. The van der Waals surface area contributed by atoms with Gasteiger partial charge in [0.05, 0.1) is 6.10 Å². The SMILES string of the molecule is NC(c1ccc(Br)cc1)C1CCC(O)CC1. The van der Waals surface area contributed by atoms with E-state index < -0.39 is 0 Å². The lowest BCUT2D eigenvalue weighted by Gasteiger charge is -2.30. The highest BCUT2D eigenvalue weighted by atomic mass is 79.9. The third-order valence-corrected chi connectivity index (χ3v) is 4.03. The van der Waals surface area contributed by atoms with Gasteiger partial charge in [0.15, 0.2) is 0 Å². The van der Waals surface area contributed by atoms with Gasteiger partial charge in [-0.1, -0.05) is 28.1 Å². The van der Waals surface area contributed by atoms with Crippen LogP contribution in [0, 0.1) is 5.92 Å². The second kappa shape index (κ2) is 5.30. The van der Waals surface area contributed by atoms with E-state index in [1.54, 1.807) is 0 Å². The zero-order chi connectivity index (χ0) is 11.5. The van der Waals surface area contributed by atoms with Crippen molar-refractivity contribution in [3.63, 3.8) is 0 Å². The van der Waals surface area contributed by atoms with Crippen molar-refractivity contribution in [1.29, 1.82) is 0 Å². The molecule has 0 radical (unpaired) electrons. The number of benzene rings is 1. The number of aliphatic hydroxyl groups excluding tert-OH is 1. The molecule has 1 unspecified atom stereocenters. The van der Waals surface area contributed by atoms with Crippen molar-refractivity contribution in [2.24, 2.45) is 11.7 Å². The van der Waals surface area contributed by atoms with Gasteiger partial charge in [-0.2, -0.15) is 0 Å². The van der Waals surface area contributed by atoms with Crippen molar-refractivity contribution >= 4 is 15.9 Å². The third-order valence-electron chi connectivity index (χ3n) is 3.50. The van der Waals surface area contributed by atoms with Crippen LogP contribution in [0.2, 0.25) is 0 Å². The molecule has 1 aromatic carbocycles. The fourth-order valence-corrected chi connectivity index (χ4v) is 2.68. The zero-order valence-corrected chi connectivity index (χ0v) is 10.9. The summed E-state index contributed by atoms with van der Waals surface area (Å²) in [5.74, 6) is 0.518. The van der Waals surface area contributed by atoms with Crippen LogP contribution in [0.25, 0.3) is 0 Å². The summed E-state index contributed by atoms with van der Waals surface area (Å²) in [5.41, 5.74) is 7.47. The smallest absolute Gasteiger partial charge is 0.0540 e. The first-order chi connectivity index (χ1) is 7.66. The Balaban J connectivity index is 2.01. The summed E-state index contributed by atoms with van der Waals surface area (Å²) in [4.78, 5) is 0. The summed E-state index contributed by atoms with van der Waals surface area (Å²) < 4.78 is 1.09. The molecule has 3 heteroatoms. The molecule has 0 aliphatic heterocycles. The lowest BCUT2D eigenvalue weighted by Crippen LogP contribution is -2.27. The summed E-state index contributed by atoms with van der Waals surface area (Å²) >= 11 is 3.42. The second-order valence-corrected chi connectivity index (χ2v) is 5.56. The average Bonchev–Trinajstić information content (AvgIpc) is 2.30. The Bertz CT molecular complexity index is 330. The molecule has 1 aliphatic carbocycles. The number of nitrogens with two attached hydrogens (primary N) is 1. The van der Waals surface area contributed by atoms with Gasteiger partial charge in [0.1, 0.15) is 0 Å². The molecule has 3 N–H and O–H groups in total. The first-order valence-corrected chi connectivity index (χ1v) is 6.65. The lowest BCUT2D eigenvalue weighted by atomic mass is 9.80. The van der Waals surface area contributed by atoms with E-state index in [-0.39, 0.29) is 12.1 Å². The maximum atomic E-state index is 9.47. The van der Waals surface area contributed by atoms with Crippen molar-refractivity contribution in [2.45, 2.75) is 37.8 Å². The average molecular weight is 284 g/mol. The Morgan fingerprint density at radius 3 is 2.25 bits per heavy atom. The molecule has 0 spiro atoms. The first-order valence-electron chi connectivity index (χ1n) is 5.86. The van der Waals surface area contributed by atoms with Crippen molar-refractivity contribution in [1.82, 2.24) is 0 Å². The van der Waals surface area contributed by atoms with Crippen LogP contribution < -0.4 is 5.73 Å². The summed E-state index contributed by atoms with van der Waals surface area (Å²) in [6.07, 6.45) is 3.77. The van der Waals surface area contributed by atoms with Gasteiger partial charge in [-0.15, -0.1) is 0 Å². The number of hydrogen-bond donors (Lipinski definition) is 2. The molecule has 1 atom stereocenters. The highest BCUT2D eigenvalue weighted by Crippen LogP contribution is 2.33. The van der Waals surface area contributed by atoms with E-state index >= 15 is 0 Å². The molecule has 1 aliphatic rings. The predicted molar refractivity (Wildman–Crippen MR) is 69.0 cm³/mol. The van der Waals surface area contributed by atoms with Gasteiger partial charge in [-0.3, -0.25) is 0 Å². The quantitative estimate of drug-likeness (QED) is 0.877. The third kappa shape index (κ3) is 2.84. The summed E-state index contributed by atoms with van der Waals surface area (Å²) in [6, 6.07) is 8.35. The molecular formula is C13H18BrNO. The fraction of sp³-hybridized carbons (Fsp3) is 0.538. The minimum atomic E-state index is -0.103. The molecule has 0 heterocycles. The van der Waals surface area contributed by atoms with E-state index in [0.29, 0.717) is 5.92 Å². The summed E-state index contributed by atoms with van der Waals surface area (Å²) in [7, 11) is 0. The van der Waals surface area contributed by atoms with Gasteiger partial charge in [-0.05, 0) is 49.3 Å². The second-order valence-electron chi connectivity index (χ2n) is 4.65. The van der Waals surface area contributed by atoms with Crippen LogP contribution in [0.3, 0.4) is 0 Å². The molecular weight excluding hydrogens is 266 g/mol. The monoisotopic (exact) mass is 283 g/mol. The van der Waals surface area contributed by atoms with E-state index in [4.69, 9.17) is 5.73 Å². The van der Waals surface area contributed by atoms with E-state index in [9.17, 15) is 5.11 Å². The number of halogens is 1. The molecule has 1 saturated carbocycles.